The van der Waals surface area contributed by atoms with Gasteiger partial charge in [-0.15, -0.1) is 0 Å². The number of nitrogens with zero attached hydrogens (tertiary/aromatic N) is 1. The van der Waals surface area contributed by atoms with Crippen LogP contribution < -0.4 is 10.9 Å². The maximum absolute atomic E-state index is 12.0. The molecule has 0 spiro atoms. The number of aromatic amines is 1. The van der Waals surface area contributed by atoms with Gasteiger partial charge in [0.05, 0.1) is 11.0 Å². The quantitative estimate of drug-likeness (QED) is 0.758. The zero-order chi connectivity index (χ0) is 16.9. The minimum absolute atomic E-state index is 0.0902. The van der Waals surface area contributed by atoms with Crippen molar-refractivity contribution < 1.29 is 4.79 Å². The number of aryl methyl sites for hydroxylation is 2. The highest BCUT2D eigenvalue weighted by Crippen LogP contribution is 2.08. The molecular formula is C19H19N3O2. The number of H-pyrrole nitrogens is 1. The maximum atomic E-state index is 12.0. The molecule has 0 aliphatic carbocycles. The van der Waals surface area contributed by atoms with Crippen molar-refractivity contribution in [3.63, 3.8) is 0 Å². The summed E-state index contributed by atoms with van der Waals surface area (Å²) in [5, 5.41) is 2.89. The van der Waals surface area contributed by atoms with E-state index in [0.29, 0.717) is 24.2 Å². The lowest BCUT2D eigenvalue weighted by atomic mass is 10.1. The van der Waals surface area contributed by atoms with Gasteiger partial charge in [0.1, 0.15) is 5.69 Å². The minimum Gasteiger partial charge on any atom is -0.352 e. The van der Waals surface area contributed by atoms with E-state index in [1.807, 2.05) is 55.5 Å². The first kappa shape index (κ1) is 15.9. The van der Waals surface area contributed by atoms with Crippen LogP contribution in [0.5, 0.6) is 0 Å². The average Bonchev–Trinajstić information content (AvgIpc) is 2.59. The smallest absolute Gasteiger partial charge is 0.270 e. The number of aromatic nitrogens is 2. The van der Waals surface area contributed by atoms with Crippen molar-refractivity contribution in [1.29, 1.82) is 0 Å². The molecule has 0 radical (unpaired) electrons. The van der Waals surface area contributed by atoms with Crippen molar-refractivity contribution >= 4 is 16.9 Å². The summed E-state index contributed by atoms with van der Waals surface area (Å²) in [6.07, 6.45) is 0.556. The SMILES string of the molecule is Cc1ccccc1CNC(=O)CCc1nc2ccccc2[nH]c1=O. The third-order valence-electron chi connectivity index (χ3n) is 4.00. The number of para-hydroxylation sites is 2. The van der Waals surface area contributed by atoms with E-state index in [2.05, 4.69) is 15.3 Å². The Morgan fingerprint density at radius 1 is 1.12 bits per heavy atom. The second kappa shape index (κ2) is 7.08. The molecule has 1 amide bonds. The van der Waals surface area contributed by atoms with Gasteiger partial charge in [0.2, 0.25) is 5.91 Å². The number of carbonyl (C=O) groups is 1. The molecule has 0 atom stereocenters. The molecule has 2 N–H and O–H groups in total. The normalized spacial score (nSPS) is 10.7. The van der Waals surface area contributed by atoms with Crippen LogP contribution in [-0.4, -0.2) is 15.9 Å². The van der Waals surface area contributed by atoms with E-state index < -0.39 is 0 Å². The first-order chi connectivity index (χ1) is 11.6. The van der Waals surface area contributed by atoms with Gasteiger partial charge >= 0.3 is 0 Å². The molecule has 0 bridgehead atoms. The van der Waals surface area contributed by atoms with Crippen molar-refractivity contribution in [3.05, 3.63) is 75.7 Å². The Bertz CT molecular complexity index is 931. The van der Waals surface area contributed by atoms with Gasteiger partial charge in [-0.2, -0.15) is 0 Å². The molecule has 0 unspecified atom stereocenters. The van der Waals surface area contributed by atoms with Crippen LogP contribution in [-0.2, 0) is 17.8 Å². The van der Waals surface area contributed by atoms with Crippen molar-refractivity contribution in [1.82, 2.24) is 15.3 Å². The molecule has 5 nitrogen and oxygen atoms in total. The van der Waals surface area contributed by atoms with Gasteiger partial charge in [0.15, 0.2) is 0 Å². The summed E-state index contributed by atoms with van der Waals surface area (Å²) in [6.45, 7) is 2.51. The van der Waals surface area contributed by atoms with E-state index in [4.69, 9.17) is 0 Å². The Balaban J connectivity index is 1.61. The van der Waals surface area contributed by atoms with Crippen LogP contribution in [0.25, 0.3) is 11.0 Å². The third-order valence-corrected chi connectivity index (χ3v) is 4.00. The molecule has 1 aromatic heterocycles. The molecule has 1 heterocycles. The summed E-state index contributed by atoms with van der Waals surface area (Å²) < 4.78 is 0. The van der Waals surface area contributed by atoms with E-state index >= 15 is 0 Å². The number of hydrogen-bond acceptors (Lipinski definition) is 3. The van der Waals surface area contributed by atoms with Gasteiger partial charge in [-0.25, -0.2) is 4.98 Å². The van der Waals surface area contributed by atoms with Gasteiger partial charge in [-0.3, -0.25) is 9.59 Å². The number of amides is 1. The van der Waals surface area contributed by atoms with Crippen molar-refractivity contribution in [2.24, 2.45) is 0 Å². The summed E-state index contributed by atoms with van der Waals surface area (Å²) in [4.78, 5) is 31.2. The lowest BCUT2D eigenvalue weighted by Gasteiger charge is -2.08. The summed E-state index contributed by atoms with van der Waals surface area (Å²) in [5.41, 5.74) is 3.82. The topological polar surface area (TPSA) is 74.8 Å². The van der Waals surface area contributed by atoms with Crippen LogP contribution in [0, 0.1) is 6.92 Å². The van der Waals surface area contributed by atoms with Crippen LogP contribution in [0.4, 0.5) is 0 Å². The molecule has 0 aliphatic heterocycles. The van der Waals surface area contributed by atoms with E-state index in [-0.39, 0.29) is 17.9 Å². The standard InChI is InChI=1S/C19H19N3O2/c1-13-6-2-3-7-14(13)12-20-18(23)11-10-17-19(24)22-16-9-5-4-8-15(16)21-17/h2-9H,10-12H2,1H3,(H,20,23)(H,22,24). The number of hydrogen-bond donors (Lipinski definition) is 2. The molecule has 24 heavy (non-hydrogen) atoms. The van der Waals surface area contributed by atoms with Crippen LogP contribution in [0.2, 0.25) is 0 Å². The Kier molecular flexibility index (Phi) is 4.70. The average molecular weight is 321 g/mol. The molecule has 0 saturated carbocycles. The van der Waals surface area contributed by atoms with Crippen molar-refractivity contribution in [2.45, 2.75) is 26.3 Å². The first-order valence-corrected chi connectivity index (χ1v) is 7.92. The van der Waals surface area contributed by atoms with E-state index in [0.717, 1.165) is 16.6 Å². The summed E-state index contributed by atoms with van der Waals surface area (Å²) in [5.74, 6) is -0.0902. The minimum atomic E-state index is -0.236. The Labute approximate surface area is 139 Å². The monoisotopic (exact) mass is 321 g/mol. The van der Waals surface area contributed by atoms with Crippen LogP contribution in [0.15, 0.2) is 53.3 Å². The van der Waals surface area contributed by atoms with E-state index in [1.54, 1.807) is 0 Å². The Hall–Kier alpha value is -2.95. The Morgan fingerprint density at radius 3 is 2.71 bits per heavy atom. The molecule has 0 aliphatic rings. The van der Waals surface area contributed by atoms with Gasteiger partial charge < -0.3 is 10.3 Å². The van der Waals surface area contributed by atoms with Gasteiger partial charge in [0.25, 0.3) is 5.56 Å². The van der Waals surface area contributed by atoms with E-state index in [1.165, 1.54) is 0 Å². The van der Waals surface area contributed by atoms with Gasteiger partial charge in [-0.05, 0) is 30.2 Å². The molecule has 0 saturated heterocycles. The molecular weight excluding hydrogens is 302 g/mol. The number of benzene rings is 2. The summed E-state index contributed by atoms with van der Waals surface area (Å²) in [6, 6.07) is 15.3. The van der Waals surface area contributed by atoms with Gasteiger partial charge in [-0.1, -0.05) is 36.4 Å². The maximum Gasteiger partial charge on any atom is 0.270 e. The molecule has 3 rings (SSSR count). The summed E-state index contributed by atoms with van der Waals surface area (Å²) in [7, 11) is 0. The number of rotatable bonds is 5. The fourth-order valence-electron chi connectivity index (χ4n) is 2.56. The van der Waals surface area contributed by atoms with Gasteiger partial charge in [0, 0.05) is 19.4 Å². The van der Waals surface area contributed by atoms with Crippen LogP contribution in [0.1, 0.15) is 23.2 Å². The lowest BCUT2D eigenvalue weighted by molar-refractivity contribution is -0.121. The van der Waals surface area contributed by atoms with Crippen molar-refractivity contribution in [2.75, 3.05) is 0 Å². The first-order valence-electron chi connectivity index (χ1n) is 7.92. The highest BCUT2D eigenvalue weighted by atomic mass is 16.1. The summed E-state index contributed by atoms with van der Waals surface area (Å²) >= 11 is 0. The Morgan fingerprint density at radius 2 is 1.88 bits per heavy atom. The zero-order valence-electron chi connectivity index (χ0n) is 13.5. The lowest BCUT2D eigenvalue weighted by Crippen LogP contribution is -2.25. The highest BCUT2D eigenvalue weighted by molar-refractivity contribution is 5.76. The van der Waals surface area contributed by atoms with Crippen molar-refractivity contribution in [3.8, 4) is 0 Å². The predicted molar refractivity (Wildman–Crippen MR) is 93.7 cm³/mol. The molecule has 2 aromatic carbocycles. The fraction of sp³-hybridized carbons (Fsp3) is 0.211. The predicted octanol–water partition coefficient (Wildman–Crippen LogP) is 2.48. The van der Waals surface area contributed by atoms with Crippen LogP contribution >= 0.6 is 0 Å². The number of nitrogens with one attached hydrogen (secondary N) is 2. The number of fused-ring (bicyclic) bond motifs is 1. The molecule has 122 valence electrons. The molecule has 0 fully saturated rings. The highest BCUT2D eigenvalue weighted by Gasteiger charge is 2.08. The molecule has 3 aromatic rings. The largest absolute Gasteiger partial charge is 0.352 e. The van der Waals surface area contributed by atoms with Crippen LogP contribution in [0.3, 0.4) is 0 Å². The number of carbonyl (C=O) groups excluding carboxylic acids is 1. The second-order valence-corrected chi connectivity index (χ2v) is 5.73. The molecule has 5 heteroatoms. The zero-order valence-corrected chi connectivity index (χ0v) is 13.5. The second-order valence-electron chi connectivity index (χ2n) is 5.73. The van der Waals surface area contributed by atoms with E-state index in [9.17, 15) is 9.59 Å². The third kappa shape index (κ3) is 3.68. The fourth-order valence-corrected chi connectivity index (χ4v) is 2.56.